The zero-order valence-electron chi connectivity index (χ0n) is 14.0. The van der Waals surface area contributed by atoms with Crippen LogP contribution in [-0.4, -0.2) is 35.4 Å². The maximum absolute atomic E-state index is 12.4. The molecule has 27 heavy (non-hydrogen) atoms. The third kappa shape index (κ3) is 6.25. The van der Waals surface area contributed by atoms with Crippen molar-refractivity contribution in [1.82, 2.24) is 0 Å². The molecule has 2 aromatic carbocycles. The Morgan fingerprint density at radius 2 is 1.63 bits per heavy atom. The Balaban J connectivity index is 2.31. The molecule has 1 N–H and O–H groups in total. The number of hydrogen-bond donors (Lipinski definition) is 1. The summed E-state index contributed by atoms with van der Waals surface area (Å²) in [5.41, 5.74) is 1.25. The number of aliphatic carboxylic acids is 1. The molecule has 0 heterocycles. The van der Waals surface area contributed by atoms with E-state index in [9.17, 15) is 27.6 Å². The Bertz CT molecular complexity index is 844. The van der Waals surface area contributed by atoms with Crippen molar-refractivity contribution in [3.8, 4) is 5.75 Å². The van der Waals surface area contributed by atoms with Gasteiger partial charge in [0.25, 0.3) is 0 Å². The average molecular weight is 380 g/mol. The van der Waals surface area contributed by atoms with E-state index in [0.29, 0.717) is 12.0 Å². The van der Waals surface area contributed by atoms with Gasteiger partial charge in [-0.3, -0.25) is 9.59 Å². The van der Waals surface area contributed by atoms with Crippen molar-refractivity contribution in [3.05, 3.63) is 65.2 Å². The van der Waals surface area contributed by atoms with E-state index in [-0.39, 0.29) is 11.3 Å². The zero-order chi connectivity index (χ0) is 20.0. The third-order valence-electron chi connectivity index (χ3n) is 3.55. The predicted octanol–water partition coefficient (Wildman–Crippen LogP) is 3.45. The van der Waals surface area contributed by atoms with Gasteiger partial charge in [-0.05, 0) is 29.7 Å². The molecule has 0 unspecified atom stereocenters. The van der Waals surface area contributed by atoms with Gasteiger partial charge in [0.15, 0.2) is 12.4 Å². The van der Waals surface area contributed by atoms with Gasteiger partial charge in [0, 0.05) is 0 Å². The molecular weight excluding hydrogens is 365 g/mol. The smallest absolute Gasteiger partial charge is 0.422 e. The summed E-state index contributed by atoms with van der Waals surface area (Å²) in [6, 6.07) is 13.2. The monoisotopic (exact) mass is 380 g/mol. The Morgan fingerprint density at radius 1 is 0.963 bits per heavy atom. The standard InChI is InChI=1S/C19H15F3O5/c20-19(21,22)11-27-17-7-6-13(8-12-4-2-1-3-5-12)9-14(17)15(23)10-16(24)18(25)26/h1-7,9H,8,10-11H2,(H,25,26). The molecule has 2 aromatic rings. The minimum Gasteiger partial charge on any atom is -0.483 e. The van der Waals surface area contributed by atoms with E-state index in [0.717, 1.165) is 5.56 Å². The molecule has 0 aliphatic rings. The molecule has 0 fully saturated rings. The minimum absolute atomic E-state index is 0.262. The van der Waals surface area contributed by atoms with Crippen LogP contribution >= 0.6 is 0 Å². The van der Waals surface area contributed by atoms with Crippen LogP contribution in [0.15, 0.2) is 48.5 Å². The summed E-state index contributed by atoms with van der Waals surface area (Å²) in [5.74, 6) is -4.42. The van der Waals surface area contributed by atoms with E-state index in [4.69, 9.17) is 5.11 Å². The summed E-state index contributed by atoms with van der Waals surface area (Å²) in [5, 5.41) is 8.62. The summed E-state index contributed by atoms with van der Waals surface area (Å²) in [6.07, 6.45) is -5.18. The lowest BCUT2D eigenvalue weighted by molar-refractivity contribution is -0.153. The zero-order valence-corrected chi connectivity index (χ0v) is 14.0. The highest BCUT2D eigenvalue weighted by molar-refractivity contribution is 6.37. The predicted molar refractivity (Wildman–Crippen MR) is 88.8 cm³/mol. The van der Waals surface area contributed by atoms with E-state index in [1.54, 1.807) is 0 Å². The highest BCUT2D eigenvalue weighted by atomic mass is 19.4. The van der Waals surface area contributed by atoms with Gasteiger partial charge in [0.05, 0.1) is 12.0 Å². The fourth-order valence-electron chi connectivity index (χ4n) is 2.34. The number of benzene rings is 2. The number of carboxylic acids is 1. The van der Waals surface area contributed by atoms with Crippen LogP contribution in [0.4, 0.5) is 13.2 Å². The molecule has 0 aromatic heterocycles. The fraction of sp³-hybridized carbons (Fsp3) is 0.211. The average Bonchev–Trinajstić information content (AvgIpc) is 2.60. The van der Waals surface area contributed by atoms with Crippen LogP contribution in [0.5, 0.6) is 5.75 Å². The molecule has 0 aliphatic carbocycles. The van der Waals surface area contributed by atoms with Crippen LogP contribution in [-0.2, 0) is 16.0 Å². The molecule has 0 aliphatic heterocycles. The van der Waals surface area contributed by atoms with Crippen molar-refractivity contribution in [2.45, 2.75) is 19.0 Å². The second-order valence-electron chi connectivity index (χ2n) is 5.73. The summed E-state index contributed by atoms with van der Waals surface area (Å²) in [6.45, 7) is -1.61. The Kier molecular flexibility index (Phi) is 6.33. The number of Topliss-reactive ketones (excluding diaryl/α,β-unsaturated/α-hetero) is 2. The number of hydrogen-bond acceptors (Lipinski definition) is 4. The number of alkyl halides is 3. The number of carbonyl (C=O) groups excluding carboxylic acids is 2. The first-order valence-corrected chi connectivity index (χ1v) is 7.81. The first-order chi connectivity index (χ1) is 12.7. The highest BCUT2D eigenvalue weighted by Crippen LogP contribution is 2.26. The van der Waals surface area contributed by atoms with Gasteiger partial charge in [0.1, 0.15) is 5.75 Å². The first-order valence-electron chi connectivity index (χ1n) is 7.81. The van der Waals surface area contributed by atoms with E-state index >= 15 is 0 Å². The van der Waals surface area contributed by atoms with Gasteiger partial charge < -0.3 is 9.84 Å². The van der Waals surface area contributed by atoms with Crippen LogP contribution in [0.25, 0.3) is 0 Å². The maximum Gasteiger partial charge on any atom is 0.422 e. The Labute approximate surface area is 152 Å². The Hall–Kier alpha value is -3.16. The molecular formula is C19H15F3O5. The van der Waals surface area contributed by atoms with Gasteiger partial charge in [-0.2, -0.15) is 13.2 Å². The number of rotatable bonds is 8. The second-order valence-corrected chi connectivity index (χ2v) is 5.73. The third-order valence-corrected chi connectivity index (χ3v) is 3.55. The van der Waals surface area contributed by atoms with Crippen molar-refractivity contribution in [3.63, 3.8) is 0 Å². The normalized spacial score (nSPS) is 11.1. The van der Waals surface area contributed by atoms with Crippen LogP contribution < -0.4 is 4.74 Å². The molecule has 0 saturated heterocycles. The van der Waals surface area contributed by atoms with E-state index < -0.39 is 36.7 Å². The highest BCUT2D eigenvalue weighted by Gasteiger charge is 2.29. The minimum atomic E-state index is -4.61. The molecule has 0 bridgehead atoms. The molecule has 0 saturated carbocycles. The van der Waals surface area contributed by atoms with Gasteiger partial charge in [-0.15, -0.1) is 0 Å². The van der Waals surface area contributed by atoms with Gasteiger partial charge in [-0.25, -0.2) is 4.79 Å². The van der Waals surface area contributed by atoms with Crippen molar-refractivity contribution in [2.24, 2.45) is 0 Å². The lowest BCUT2D eigenvalue weighted by Crippen LogP contribution is -2.21. The van der Waals surface area contributed by atoms with E-state index in [2.05, 4.69) is 4.74 Å². The molecule has 5 nitrogen and oxygen atoms in total. The number of ether oxygens (including phenoxy) is 1. The molecule has 0 radical (unpaired) electrons. The van der Waals surface area contributed by atoms with Crippen molar-refractivity contribution >= 4 is 17.5 Å². The quantitative estimate of drug-likeness (QED) is 0.431. The van der Waals surface area contributed by atoms with Crippen LogP contribution in [0.2, 0.25) is 0 Å². The number of ketones is 2. The summed E-state index contributed by atoms with van der Waals surface area (Å²) >= 11 is 0. The Morgan fingerprint density at radius 3 is 2.22 bits per heavy atom. The maximum atomic E-state index is 12.4. The number of carboxylic acid groups (broad SMARTS) is 1. The van der Waals surface area contributed by atoms with Gasteiger partial charge in [-0.1, -0.05) is 36.4 Å². The lowest BCUT2D eigenvalue weighted by Gasteiger charge is -2.14. The topological polar surface area (TPSA) is 80.7 Å². The van der Waals surface area contributed by atoms with Crippen LogP contribution in [0.1, 0.15) is 27.9 Å². The summed E-state index contributed by atoms with van der Waals surface area (Å²) in [7, 11) is 0. The SMILES string of the molecule is O=C(O)C(=O)CC(=O)c1cc(Cc2ccccc2)ccc1OCC(F)(F)F. The van der Waals surface area contributed by atoms with E-state index in [1.165, 1.54) is 18.2 Å². The molecule has 0 amide bonds. The van der Waals surface area contributed by atoms with Gasteiger partial charge in [0.2, 0.25) is 5.78 Å². The second kappa shape index (κ2) is 8.48. The number of carbonyl (C=O) groups is 3. The van der Waals surface area contributed by atoms with Gasteiger partial charge >= 0.3 is 12.1 Å². The van der Waals surface area contributed by atoms with Crippen molar-refractivity contribution < 1.29 is 37.4 Å². The largest absolute Gasteiger partial charge is 0.483 e. The molecule has 8 heteroatoms. The first kappa shape index (κ1) is 20.2. The number of halogens is 3. The molecule has 142 valence electrons. The fourth-order valence-corrected chi connectivity index (χ4v) is 2.34. The van der Waals surface area contributed by atoms with Crippen LogP contribution in [0.3, 0.4) is 0 Å². The summed E-state index contributed by atoms with van der Waals surface area (Å²) in [4.78, 5) is 34.2. The van der Waals surface area contributed by atoms with E-state index in [1.807, 2.05) is 30.3 Å². The molecule has 0 spiro atoms. The van der Waals surface area contributed by atoms with Crippen molar-refractivity contribution in [2.75, 3.05) is 6.61 Å². The molecule has 2 rings (SSSR count). The molecule has 0 atom stereocenters. The lowest BCUT2D eigenvalue weighted by atomic mass is 9.98. The summed E-state index contributed by atoms with van der Waals surface area (Å²) < 4.78 is 41.9. The van der Waals surface area contributed by atoms with Crippen molar-refractivity contribution in [1.29, 1.82) is 0 Å². The van der Waals surface area contributed by atoms with Crippen LogP contribution in [0, 0.1) is 0 Å².